The van der Waals surface area contributed by atoms with Gasteiger partial charge in [-0.2, -0.15) is 4.31 Å². The highest BCUT2D eigenvalue weighted by atomic mass is 32.2. The van der Waals surface area contributed by atoms with Crippen LogP contribution in [0.4, 0.5) is 0 Å². The zero-order valence-corrected chi connectivity index (χ0v) is 12.6. The lowest BCUT2D eigenvalue weighted by atomic mass is 10.1. The summed E-state index contributed by atoms with van der Waals surface area (Å²) in [5.41, 5.74) is 1.76. The van der Waals surface area contributed by atoms with E-state index in [-0.39, 0.29) is 0 Å². The Morgan fingerprint density at radius 3 is 2.32 bits per heavy atom. The van der Waals surface area contributed by atoms with E-state index in [0.29, 0.717) is 23.7 Å². The Hall–Kier alpha value is -1.07. The molecule has 0 atom stereocenters. The SMILES string of the molecule is COc1cc(C)cc(C)c1S(=O)(=O)N1CCCCC1. The van der Waals surface area contributed by atoms with Gasteiger partial charge in [-0.1, -0.05) is 12.5 Å². The summed E-state index contributed by atoms with van der Waals surface area (Å²) in [6.45, 7) is 4.98. The van der Waals surface area contributed by atoms with Crippen molar-refractivity contribution >= 4 is 10.0 Å². The summed E-state index contributed by atoms with van der Waals surface area (Å²) in [6.07, 6.45) is 2.98. The van der Waals surface area contributed by atoms with E-state index in [4.69, 9.17) is 4.74 Å². The van der Waals surface area contributed by atoms with Gasteiger partial charge in [-0.25, -0.2) is 8.42 Å². The number of sulfonamides is 1. The molecule has 19 heavy (non-hydrogen) atoms. The van der Waals surface area contributed by atoms with Crippen LogP contribution in [0, 0.1) is 13.8 Å². The summed E-state index contributed by atoms with van der Waals surface area (Å²) >= 11 is 0. The molecule has 0 bridgehead atoms. The third-order valence-corrected chi connectivity index (χ3v) is 5.60. The number of benzene rings is 1. The second-order valence-corrected chi connectivity index (χ2v) is 6.95. The number of rotatable bonds is 3. The minimum atomic E-state index is -3.44. The molecule has 1 aromatic rings. The van der Waals surface area contributed by atoms with E-state index in [0.717, 1.165) is 30.4 Å². The van der Waals surface area contributed by atoms with Gasteiger partial charge in [0.15, 0.2) is 0 Å². The summed E-state index contributed by atoms with van der Waals surface area (Å²) in [5, 5.41) is 0. The maximum Gasteiger partial charge on any atom is 0.247 e. The van der Waals surface area contributed by atoms with Crippen molar-refractivity contribution in [3.8, 4) is 5.75 Å². The Labute approximate surface area is 115 Å². The van der Waals surface area contributed by atoms with Gasteiger partial charge in [0.2, 0.25) is 10.0 Å². The Bertz CT molecular complexity index is 560. The first-order valence-electron chi connectivity index (χ1n) is 6.62. The number of ether oxygens (including phenoxy) is 1. The third kappa shape index (κ3) is 2.77. The van der Waals surface area contributed by atoms with Crippen LogP contribution in [-0.4, -0.2) is 32.9 Å². The number of piperidine rings is 1. The molecule has 0 radical (unpaired) electrons. The largest absolute Gasteiger partial charge is 0.495 e. The average Bonchev–Trinajstić information content (AvgIpc) is 2.38. The first-order chi connectivity index (χ1) is 8.96. The molecule has 2 rings (SSSR count). The number of hydrogen-bond acceptors (Lipinski definition) is 3. The number of aryl methyl sites for hydroxylation is 2. The summed E-state index contributed by atoms with van der Waals surface area (Å²) < 4.78 is 32.3. The zero-order valence-electron chi connectivity index (χ0n) is 11.8. The maximum atomic E-state index is 12.7. The molecule has 106 valence electrons. The standard InChI is InChI=1S/C14H21NO3S/c1-11-9-12(2)14(13(10-11)18-3)19(16,17)15-7-5-4-6-8-15/h9-10H,4-8H2,1-3H3. The van der Waals surface area contributed by atoms with E-state index in [2.05, 4.69) is 0 Å². The predicted octanol–water partition coefficient (Wildman–Crippen LogP) is 2.49. The molecule has 0 unspecified atom stereocenters. The predicted molar refractivity (Wildman–Crippen MR) is 75.1 cm³/mol. The summed E-state index contributed by atoms with van der Waals surface area (Å²) in [7, 11) is -1.93. The van der Waals surface area contributed by atoms with E-state index in [1.54, 1.807) is 10.4 Å². The normalized spacial score (nSPS) is 17.4. The molecule has 0 amide bonds. The first-order valence-corrected chi connectivity index (χ1v) is 8.06. The van der Waals surface area contributed by atoms with Gasteiger partial charge in [-0.05, 0) is 43.9 Å². The fraction of sp³-hybridized carbons (Fsp3) is 0.571. The number of methoxy groups -OCH3 is 1. The van der Waals surface area contributed by atoms with Crippen molar-refractivity contribution in [2.45, 2.75) is 38.0 Å². The fourth-order valence-corrected chi connectivity index (χ4v) is 4.49. The molecule has 5 heteroatoms. The molecule has 1 aliphatic heterocycles. The van der Waals surface area contributed by atoms with Crippen LogP contribution in [0.1, 0.15) is 30.4 Å². The van der Waals surface area contributed by atoms with Gasteiger partial charge in [0.05, 0.1) is 7.11 Å². The fourth-order valence-electron chi connectivity index (χ4n) is 2.63. The monoisotopic (exact) mass is 283 g/mol. The van der Waals surface area contributed by atoms with Crippen LogP contribution < -0.4 is 4.74 Å². The molecular weight excluding hydrogens is 262 g/mol. The molecule has 1 fully saturated rings. The molecule has 1 heterocycles. The Morgan fingerprint density at radius 1 is 1.11 bits per heavy atom. The molecule has 0 spiro atoms. The molecule has 4 nitrogen and oxygen atoms in total. The van der Waals surface area contributed by atoms with Gasteiger partial charge >= 0.3 is 0 Å². The van der Waals surface area contributed by atoms with Crippen LogP contribution in [0.15, 0.2) is 17.0 Å². The highest BCUT2D eigenvalue weighted by Crippen LogP contribution is 2.32. The first kappa shape index (κ1) is 14.3. The molecule has 0 aliphatic carbocycles. The van der Waals surface area contributed by atoms with Crippen LogP contribution >= 0.6 is 0 Å². The number of hydrogen-bond donors (Lipinski definition) is 0. The molecule has 0 aromatic heterocycles. The zero-order chi connectivity index (χ0) is 14.0. The van der Waals surface area contributed by atoms with Gasteiger partial charge in [0.1, 0.15) is 10.6 Å². The topological polar surface area (TPSA) is 46.6 Å². The van der Waals surface area contributed by atoms with Crippen molar-refractivity contribution in [2.24, 2.45) is 0 Å². The minimum absolute atomic E-state index is 0.322. The van der Waals surface area contributed by atoms with Crippen LogP contribution in [-0.2, 0) is 10.0 Å². The van der Waals surface area contributed by atoms with Crippen molar-refractivity contribution in [3.63, 3.8) is 0 Å². The average molecular weight is 283 g/mol. The summed E-state index contributed by atoms with van der Waals surface area (Å²) in [4.78, 5) is 0.322. The lowest BCUT2D eigenvalue weighted by Crippen LogP contribution is -2.36. The van der Waals surface area contributed by atoms with Crippen LogP contribution in [0.25, 0.3) is 0 Å². The van der Waals surface area contributed by atoms with Gasteiger partial charge in [-0.3, -0.25) is 0 Å². The van der Waals surface area contributed by atoms with Gasteiger partial charge in [0.25, 0.3) is 0 Å². The third-order valence-electron chi connectivity index (χ3n) is 3.52. The second kappa shape index (κ2) is 5.51. The van der Waals surface area contributed by atoms with E-state index in [1.807, 2.05) is 19.9 Å². The smallest absolute Gasteiger partial charge is 0.247 e. The van der Waals surface area contributed by atoms with Crippen LogP contribution in [0.3, 0.4) is 0 Å². The summed E-state index contributed by atoms with van der Waals surface area (Å²) in [6, 6.07) is 3.67. The molecule has 0 saturated carbocycles. The molecule has 0 N–H and O–H groups in total. The van der Waals surface area contributed by atoms with Crippen molar-refractivity contribution in [1.29, 1.82) is 0 Å². The quantitative estimate of drug-likeness (QED) is 0.856. The van der Waals surface area contributed by atoms with E-state index in [9.17, 15) is 8.42 Å². The van der Waals surface area contributed by atoms with Gasteiger partial charge in [-0.15, -0.1) is 0 Å². The minimum Gasteiger partial charge on any atom is -0.495 e. The lowest BCUT2D eigenvalue weighted by Gasteiger charge is -2.27. The van der Waals surface area contributed by atoms with Crippen molar-refractivity contribution in [3.05, 3.63) is 23.3 Å². The van der Waals surface area contributed by atoms with Crippen LogP contribution in [0.5, 0.6) is 5.75 Å². The molecule has 1 aromatic carbocycles. The van der Waals surface area contributed by atoms with Crippen molar-refractivity contribution in [2.75, 3.05) is 20.2 Å². The Balaban J connectivity index is 2.50. The second-order valence-electron chi connectivity index (χ2n) is 5.08. The molecular formula is C14H21NO3S. The van der Waals surface area contributed by atoms with Gasteiger partial charge < -0.3 is 4.74 Å². The molecule has 1 aliphatic rings. The van der Waals surface area contributed by atoms with Crippen LogP contribution in [0.2, 0.25) is 0 Å². The highest BCUT2D eigenvalue weighted by molar-refractivity contribution is 7.89. The number of nitrogens with zero attached hydrogens (tertiary/aromatic N) is 1. The Kier molecular flexibility index (Phi) is 4.16. The lowest BCUT2D eigenvalue weighted by molar-refractivity contribution is 0.342. The van der Waals surface area contributed by atoms with E-state index in [1.165, 1.54) is 7.11 Å². The molecule has 1 saturated heterocycles. The van der Waals surface area contributed by atoms with Gasteiger partial charge in [0, 0.05) is 13.1 Å². The Morgan fingerprint density at radius 2 is 1.74 bits per heavy atom. The van der Waals surface area contributed by atoms with E-state index >= 15 is 0 Å². The van der Waals surface area contributed by atoms with E-state index < -0.39 is 10.0 Å². The highest BCUT2D eigenvalue weighted by Gasteiger charge is 2.30. The van der Waals surface area contributed by atoms with Crippen molar-refractivity contribution < 1.29 is 13.2 Å². The maximum absolute atomic E-state index is 12.7. The summed E-state index contributed by atoms with van der Waals surface area (Å²) in [5.74, 6) is 0.447. The van der Waals surface area contributed by atoms with Crippen molar-refractivity contribution in [1.82, 2.24) is 4.31 Å².